The summed E-state index contributed by atoms with van der Waals surface area (Å²) in [6.07, 6.45) is 70.3. The topological polar surface area (TPSA) is 111 Å². The summed E-state index contributed by atoms with van der Waals surface area (Å²) in [5.74, 6) is -0.837. The first-order valence-corrected chi connectivity index (χ1v) is 32.8. The van der Waals surface area contributed by atoms with Crippen molar-refractivity contribution in [3.05, 3.63) is 48.6 Å². The van der Waals surface area contributed by atoms with Gasteiger partial charge in [0.2, 0.25) is 0 Å². The highest BCUT2D eigenvalue weighted by Gasteiger charge is 2.22. The van der Waals surface area contributed by atoms with E-state index in [9.17, 15) is 19.0 Å². The molecule has 0 heterocycles. The zero-order valence-corrected chi connectivity index (χ0v) is 50.2. The Balaban J connectivity index is 4.09. The smallest absolute Gasteiger partial charge is 0.306 e. The lowest BCUT2D eigenvalue weighted by Crippen LogP contribution is -2.37. The molecule has 2 atom stereocenters. The van der Waals surface area contributed by atoms with Gasteiger partial charge < -0.3 is 27.9 Å². The van der Waals surface area contributed by atoms with Gasteiger partial charge in [-0.1, -0.05) is 255 Å². The first kappa shape index (κ1) is 72.0. The van der Waals surface area contributed by atoms with Crippen molar-refractivity contribution in [3.63, 3.8) is 0 Å². The number of hydrogen-bond donors (Lipinski definition) is 0. The minimum atomic E-state index is -4.64. The molecule has 10 heteroatoms. The second-order valence-corrected chi connectivity index (χ2v) is 23.8. The fraction of sp³-hybridized carbons (Fsp3) is 0.844. The third kappa shape index (κ3) is 59.2. The number of likely N-dealkylation sites (N-methyl/N-ethyl adjacent to an activating group) is 1. The van der Waals surface area contributed by atoms with Crippen LogP contribution in [0.25, 0.3) is 0 Å². The minimum Gasteiger partial charge on any atom is -0.756 e. The van der Waals surface area contributed by atoms with Gasteiger partial charge in [-0.25, -0.2) is 0 Å². The summed E-state index contributed by atoms with van der Waals surface area (Å²) < 4.78 is 34.2. The third-order valence-corrected chi connectivity index (χ3v) is 14.8. The zero-order chi connectivity index (χ0) is 54.2. The summed E-state index contributed by atoms with van der Waals surface area (Å²) >= 11 is 0. The van der Waals surface area contributed by atoms with Crippen LogP contribution in [-0.2, 0) is 32.7 Å². The lowest BCUT2D eigenvalue weighted by atomic mass is 10.0. The molecule has 0 amide bonds. The van der Waals surface area contributed by atoms with Gasteiger partial charge >= 0.3 is 11.9 Å². The van der Waals surface area contributed by atoms with Gasteiger partial charge in [0.1, 0.15) is 19.8 Å². The molecule has 434 valence electrons. The van der Waals surface area contributed by atoms with Crippen molar-refractivity contribution < 1.29 is 42.1 Å². The molecule has 74 heavy (non-hydrogen) atoms. The molecule has 0 N–H and O–H groups in total. The Labute approximate surface area is 458 Å². The lowest BCUT2D eigenvalue weighted by molar-refractivity contribution is -0.870. The Hall–Kier alpha value is -2.03. The van der Waals surface area contributed by atoms with Crippen LogP contribution >= 0.6 is 7.82 Å². The molecule has 0 aromatic rings. The highest BCUT2D eigenvalue weighted by atomic mass is 31.2. The molecule has 0 saturated heterocycles. The van der Waals surface area contributed by atoms with Crippen LogP contribution in [0.15, 0.2) is 48.6 Å². The molecule has 2 unspecified atom stereocenters. The van der Waals surface area contributed by atoms with Gasteiger partial charge in [0.25, 0.3) is 7.82 Å². The number of quaternary nitrogens is 1. The molecule has 0 aromatic heterocycles. The van der Waals surface area contributed by atoms with E-state index in [0.717, 1.165) is 70.6 Å². The van der Waals surface area contributed by atoms with Gasteiger partial charge in [-0.3, -0.25) is 14.2 Å². The number of carbonyl (C=O) groups is 2. The van der Waals surface area contributed by atoms with E-state index in [0.29, 0.717) is 17.4 Å². The van der Waals surface area contributed by atoms with Crippen LogP contribution < -0.4 is 4.89 Å². The number of unbranched alkanes of at least 4 members (excludes halogenated alkanes) is 36. The molecule has 0 spiro atoms. The van der Waals surface area contributed by atoms with Gasteiger partial charge in [-0.15, -0.1) is 0 Å². The van der Waals surface area contributed by atoms with Crippen molar-refractivity contribution in [2.24, 2.45) is 0 Å². The molecule has 0 aliphatic rings. The number of hydrogen-bond acceptors (Lipinski definition) is 8. The summed E-state index contributed by atoms with van der Waals surface area (Å²) in [5, 5.41) is 0. The van der Waals surface area contributed by atoms with Crippen molar-refractivity contribution in [2.45, 2.75) is 302 Å². The molecule has 9 nitrogen and oxygen atoms in total. The number of ether oxygens (including phenoxy) is 2. The Kier molecular flexibility index (Phi) is 54.2. The number of rotatable bonds is 58. The Morgan fingerprint density at radius 1 is 0.419 bits per heavy atom. The molecule has 0 aliphatic heterocycles. The maximum absolute atomic E-state index is 12.8. The molecule has 0 fully saturated rings. The highest BCUT2D eigenvalue weighted by molar-refractivity contribution is 7.45. The van der Waals surface area contributed by atoms with Crippen LogP contribution in [0.4, 0.5) is 0 Å². The van der Waals surface area contributed by atoms with Gasteiger partial charge in [0.05, 0.1) is 27.7 Å². The molecular formula is C64H120NO8P. The fourth-order valence-corrected chi connectivity index (χ4v) is 9.68. The largest absolute Gasteiger partial charge is 0.756 e. The van der Waals surface area contributed by atoms with E-state index < -0.39 is 26.5 Å². The van der Waals surface area contributed by atoms with Gasteiger partial charge in [0.15, 0.2) is 6.10 Å². The number of allylic oxidation sites excluding steroid dienone is 8. The van der Waals surface area contributed by atoms with E-state index in [1.807, 2.05) is 21.1 Å². The minimum absolute atomic E-state index is 0.0335. The Morgan fingerprint density at radius 2 is 0.730 bits per heavy atom. The summed E-state index contributed by atoms with van der Waals surface area (Å²) in [5.41, 5.74) is 0. The molecule has 0 radical (unpaired) electrons. The van der Waals surface area contributed by atoms with Crippen LogP contribution in [0.5, 0.6) is 0 Å². The van der Waals surface area contributed by atoms with Gasteiger partial charge in [-0.05, 0) is 77.0 Å². The van der Waals surface area contributed by atoms with Crippen LogP contribution in [0.1, 0.15) is 296 Å². The molecule has 0 bridgehead atoms. The van der Waals surface area contributed by atoms with E-state index in [-0.39, 0.29) is 32.0 Å². The van der Waals surface area contributed by atoms with E-state index in [1.54, 1.807) is 0 Å². The van der Waals surface area contributed by atoms with Gasteiger partial charge in [-0.2, -0.15) is 0 Å². The maximum Gasteiger partial charge on any atom is 0.306 e. The van der Waals surface area contributed by atoms with Crippen molar-refractivity contribution in [1.82, 2.24) is 0 Å². The summed E-state index contributed by atoms with van der Waals surface area (Å²) in [4.78, 5) is 37.9. The highest BCUT2D eigenvalue weighted by Crippen LogP contribution is 2.38. The molecule has 0 aliphatic carbocycles. The molecule has 0 rings (SSSR count). The zero-order valence-electron chi connectivity index (χ0n) is 49.3. The van der Waals surface area contributed by atoms with Crippen LogP contribution in [0.3, 0.4) is 0 Å². The second-order valence-electron chi connectivity index (χ2n) is 22.4. The number of phosphoric acid groups is 1. The number of phosphoric ester groups is 1. The lowest BCUT2D eigenvalue weighted by Gasteiger charge is -2.28. The predicted molar refractivity (Wildman–Crippen MR) is 314 cm³/mol. The predicted octanol–water partition coefficient (Wildman–Crippen LogP) is 19.1. The summed E-state index contributed by atoms with van der Waals surface area (Å²) in [6.45, 7) is 4.25. The van der Waals surface area contributed by atoms with Crippen LogP contribution in [0, 0.1) is 0 Å². The first-order valence-electron chi connectivity index (χ1n) is 31.3. The average Bonchev–Trinajstić information content (AvgIpc) is 3.36. The van der Waals surface area contributed by atoms with E-state index >= 15 is 0 Å². The average molecular weight is 1060 g/mol. The quantitative estimate of drug-likeness (QED) is 0.0195. The summed E-state index contributed by atoms with van der Waals surface area (Å²) in [6, 6.07) is 0. The van der Waals surface area contributed by atoms with Gasteiger partial charge in [0, 0.05) is 12.8 Å². The van der Waals surface area contributed by atoms with E-state index in [2.05, 4.69) is 62.5 Å². The number of carbonyl (C=O) groups excluding carboxylic acids is 2. The first-order chi connectivity index (χ1) is 36.0. The van der Waals surface area contributed by atoms with Crippen molar-refractivity contribution >= 4 is 19.8 Å². The van der Waals surface area contributed by atoms with Crippen molar-refractivity contribution in [3.8, 4) is 0 Å². The third-order valence-electron chi connectivity index (χ3n) is 13.8. The Bertz CT molecular complexity index is 1390. The second kappa shape index (κ2) is 55.7. The van der Waals surface area contributed by atoms with Crippen LogP contribution in [0.2, 0.25) is 0 Å². The number of esters is 2. The normalized spacial score (nSPS) is 13.5. The van der Waals surface area contributed by atoms with Crippen molar-refractivity contribution in [1.29, 1.82) is 0 Å². The molecule has 0 aromatic carbocycles. The summed E-state index contributed by atoms with van der Waals surface area (Å²) in [7, 11) is 1.16. The molecular weight excluding hydrogens is 942 g/mol. The van der Waals surface area contributed by atoms with E-state index in [4.69, 9.17) is 18.5 Å². The SMILES string of the molecule is CCCCCCC/C=C\C/C=C\C/C=C\CCCCCCCCC(=O)OC(COC(=O)CCCCCCCCCCCCCCCCCCC/C=C\CCCCCCCCCC)COP(=O)([O-])OCC[N+](C)(C)C. The van der Waals surface area contributed by atoms with Crippen molar-refractivity contribution in [2.75, 3.05) is 47.5 Å². The standard InChI is InChI=1S/C64H120NO8P/c1-6-8-10-12-14-16-18-20-22-24-26-28-29-30-31-32-33-34-35-37-38-40-42-44-46-48-50-52-54-56-63(66)70-60-62(61-72-74(68,69)71-59-58-65(3,4)5)73-64(67)57-55-53-51-49-47-45-43-41-39-36-27-25-23-21-19-17-15-13-11-9-7-2/h19,21,24-27,39,41,62H,6-18,20,22-23,28-38,40,42-61H2,1-5H3/b21-19-,26-24-,27-25-,41-39-. The maximum atomic E-state index is 12.8. The van der Waals surface area contributed by atoms with E-state index in [1.165, 1.54) is 193 Å². The number of nitrogens with zero attached hydrogens (tertiary/aromatic N) is 1. The monoisotopic (exact) mass is 1060 g/mol. The van der Waals surface area contributed by atoms with Crippen LogP contribution in [-0.4, -0.2) is 70.0 Å². The Morgan fingerprint density at radius 3 is 1.09 bits per heavy atom. The fourth-order valence-electron chi connectivity index (χ4n) is 8.95. The molecule has 0 saturated carbocycles.